The fourth-order valence-corrected chi connectivity index (χ4v) is 4.60. The van der Waals surface area contributed by atoms with Gasteiger partial charge in [0, 0.05) is 18.8 Å². The molecule has 1 aromatic carbocycles. The van der Waals surface area contributed by atoms with Crippen molar-refractivity contribution in [3.8, 4) is 0 Å². The molecular weight excluding hydrogens is 359 g/mol. The first-order valence-corrected chi connectivity index (χ1v) is 9.74. The van der Waals surface area contributed by atoms with Crippen molar-refractivity contribution in [2.75, 3.05) is 18.4 Å². The third-order valence-corrected chi connectivity index (χ3v) is 6.34. The van der Waals surface area contributed by atoms with Crippen molar-refractivity contribution in [1.82, 2.24) is 14.1 Å². The van der Waals surface area contributed by atoms with Gasteiger partial charge in [-0.25, -0.2) is 12.8 Å². The molecule has 9 heteroatoms. The first-order valence-electron chi connectivity index (χ1n) is 8.30. The highest BCUT2D eigenvalue weighted by molar-refractivity contribution is 7.89. The van der Waals surface area contributed by atoms with Gasteiger partial charge in [0.15, 0.2) is 0 Å². The Morgan fingerprint density at radius 1 is 1.19 bits per heavy atom. The molecule has 0 aliphatic carbocycles. The second-order valence-corrected chi connectivity index (χ2v) is 7.68. The number of nitrogens with one attached hydrogen (secondary N) is 1. The minimum Gasteiger partial charge on any atom is -0.324 e. The minimum atomic E-state index is -3.66. The summed E-state index contributed by atoms with van der Waals surface area (Å²) in [6, 6.07) is 5.39. The fraction of sp³-hybridized carbons (Fsp3) is 0.412. The summed E-state index contributed by atoms with van der Waals surface area (Å²) < 4.78 is 41.2. The minimum absolute atomic E-state index is 0.135. The van der Waals surface area contributed by atoms with Crippen LogP contribution in [-0.2, 0) is 21.4 Å². The maximum absolute atomic E-state index is 12.9. The number of amides is 1. The molecule has 0 saturated carbocycles. The van der Waals surface area contributed by atoms with E-state index in [0.717, 1.165) is 0 Å². The van der Waals surface area contributed by atoms with Crippen molar-refractivity contribution in [2.45, 2.75) is 39.1 Å². The van der Waals surface area contributed by atoms with Crippen molar-refractivity contribution < 1.29 is 17.6 Å². The molecule has 0 bridgehead atoms. The molecular formula is C17H23FN4O3S. The molecule has 0 spiro atoms. The molecule has 0 aliphatic heterocycles. The summed E-state index contributed by atoms with van der Waals surface area (Å²) in [6.07, 6.45) is 0. The monoisotopic (exact) mass is 382 g/mol. The molecule has 2 aromatic rings. The van der Waals surface area contributed by atoms with Gasteiger partial charge in [-0.05, 0) is 38.1 Å². The Hall–Kier alpha value is -2.26. The average molecular weight is 382 g/mol. The first kappa shape index (κ1) is 20.1. The summed E-state index contributed by atoms with van der Waals surface area (Å²) in [4.78, 5) is 12.3. The molecule has 0 unspecified atom stereocenters. The number of aromatic nitrogens is 2. The van der Waals surface area contributed by atoms with Gasteiger partial charge in [-0.2, -0.15) is 9.40 Å². The standard InChI is InChI=1S/C17H23FN4O3S/c1-5-21(6-2)26(24,25)17-12(3)20-22(13(17)4)11-16(23)19-15-9-7-14(18)8-10-15/h7-10H,5-6,11H2,1-4H3,(H,19,23). The van der Waals surface area contributed by atoms with Gasteiger partial charge < -0.3 is 5.32 Å². The number of nitrogens with zero attached hydrogens (tertiary/aromatic N) is 3. The maximum atomic E-state index is 12.9. The van der Waals surface area contributed by atoms with E-state index in [-0.39, 0.29) is 17.3 Å². The number of anilines is 1. The molecule has 0 saturated heterocycles. The van der Waals surface area contributed by atoms with E-state index in [4.69, 9.17) is 0 Å². The molecule has 142 valence electrons. The number of aryl methyl sites for hydroxylation is 1. The first-order chi connectivity index (χ1) is 12.2. The summed E-state index contributed by atoms with van der Waals surface area (Å²) in [5, 5.41) is 6.84. The van der Waals surface area contributed by atoms with E-state index in [9.17, 15) is 17.6 Å². The smallest absolute Gasteiger partial charge is 0.246 e. The molecule has 0 atom stereocenters. The average Bonchev–Trinajstić information content (AvgIpc) is 2.84. The van der Waals surface area contributed by atoms with Crippen molar-refractivity contribution in [3.05, 3.63) is 41.5 Å². The van der Waals surface area contributed by atoms with E-state index >= 15 is 0 Å². The number of sulfonamides is 1. The van der Waals surface area contributed by atoms with Crippen LogP contribution in [0.4, 0.5) is 10.1 Å². The predicted octanol–water partition coefficient (Wildman–Crippen LogP) is 2.31. The topological polar surface area (TPSA) is 84.3 Å². The molecule has 2 rings (SSSR count). The number of hydrogen-bond acceptors (Lipinski definition) is 4. The van der Waals surface area contributed by atoms with Crippen molar-refractivity contribution in [2.24, 2.45) is 0 Å². The number of rotatable bonds is 7. The van der Waals surface area contributed by atoms with Gasteiger partial charge in [0.1, 0.15) is 17.3 Å². The highest BCUT2D eigenvalue weighted by atomic mass is 32.2. The highest BCUT2D eigenvalue weighted by Gasteiger charge is 2.29. The van der Waals surface area contributed by atoms with Crippen LogP contribution in [0.5, 0.6) is 0 Å². The van der Waals surface area contributed by atoms with Crippen LogP contribution in [0.25, 0.3) is 0 Å². The quantitative estimate of drug-likeness (QED) is 0.796. The molecule has 1 amide bonds. The van der Waals surface area contributed by atoms with Gasteiger partial charge in [-0.3, -0.25) is 9.48 Å². The molecule has 0 radical (unpaired) electrons. The fourth-order valence-electron chi connectivity index (χ4n) is 2.77. The third-order valence-electron chi connectivity index (χ3n) is 4.04. The molecule has 0 aliphatic rings. The van der Waals surface area contributed by atoms with Crippen molar-refractivity contribution >= 4 is 21.6 Å². The maximum Gasteiger partial charge on any atom is 0.246 e. The summed E-state index contributed by atoms with van der Waals surface area (Å²) >= 11 is 0. The van der Waals surface area contributed by atoms with Gasteiger partial charge in [-0.15, -0.1) is 0 Å². The lowest BCUT2D eigenvalue weighted by Gasteiger charge is -2.18. The second-order valence-electron chi connectivity index (χ2n) is 5.80. The molecule has 0 fully saturated rings. The Morgan fingerprint density at radius 2 is 1.77 bits per heavy atom. The Labute approximate surface area is 152 Å². The number of halogens is 1. The van der Waals surface area contributed by atoms with E-state index in [1.54, 1.807) is 27.7 Å². The zero-order valence-electron chi connectivity index (χ0n) is 15.3. The molecule has 26 heavy (non-hydrogen) atoms. The lowest BCUT2D eigenvalue weighted by atomic mass is 10.3. The summed E-state index contributed by atoms with van der Waals surface area (Å²) in [6.45, 7) is 7.34. The number of carbonyl (C=O) groups is 1. The van der Waals surface area contributed by atoms with Gasteiger partial charge in [0.05, 0.1) is 11.4 Å². The van der Waals surface area contributed by atoms with Crippen molar-refractivity contribution in [3.63, 3.8) is 0 Å². The predicted molar refractivity (Wildman–Crippen MR) is 96.8 cm³/mol. The summed E-state index contributed by atoms with van der Waals surface area (Å²) in [7, 11) is -3.66. The Kier molecular flexibility index (Phi) is 6.14. The van der Waals surface area contributed by atoms with E-state index in [1.165, 1.54) is 33.3 Å². The van der Waals surface area contributed by atoms with Crippen LogP contribution < -0.4 is 5.32 Å². The summed E-state index contributed by atoms with van der Waals surface area (Å²) in [5.74, 6) is -0.776. The zero-order chi connectivity index (χ0) is 19.5. The van der Waals surface area contributed by atoms with Crippen LogP contribution in [0.1, 0.15) is 25.2 Å². The number of carbonyl (C=O) groups excluding carboxylic acids is 1. The number of benzene rings is 1. The van der Waals surface area contributed by atoms with Crippen LogP contribution in [-0.4, -0.2) is 41.5 Å². The van der Waals surface area contributed by atoms with Crippen LogP contribution in [0, 0.1) is 19.7 Å². The third kappa shape index (κ3) is 4.10. The zero-order valence-corrected chi connectivity index (χ0v) is 16.1. The van der Waals surface area contributed by atoms with Crippen LogP contribution in [0.15, 0.2) is 29.2 Å². The van der Waals surface area contributed by atoms with Crippen LogP contribution in [0.2, 0.25) is 0 Å². The van der Waals surface area contributed by atoms with Gasteiger partial charge >= 0.3 is 0 Å². The lowest BCUT2D eigenvalue weighted by molar-refractivity contribution is -0.116. The molecule has 1 heterocycles. The van der Waals surface area contributed by atoms with Crippen LogP contribution >= 0.6 is 0 Å². The van der Waals surface area contributed by atoms with E-state index in [2.05, 4.69) is 10.4 Å². The number of hydrogen-bond donors (Lipinski definition) is 1. The Bertz CT molecular complexity index is 887. The van der Waals surface area contributed by atoms with Gasteiger partial charge in [0.2, 0.25) is 15.9 Å². The van der Waals surface area contributed by atoms with Crippen molar-refractivity contribution in [1.29, 1.82) is 0 Å². The largest absolute Gasteiger partial charge is 0.324 e. The molecule has 1 aromatic heterocycles. The summed E-state index contributed by atoms with van der Waals surface area (Å²) in [5.41, 5.74) is 1.21. The van der Waals surface area contributed by atoms with Gasteiger partial charge in [0.25, 0.3) is 0 Å². The van der Waals surface area contributed by atoms with E-state index < -0.39 is 15.8 Å². The lowest BCUT2D eigenvalue weighted by Crippen LogP contribution is -2.31. The molecule has 7 nitrogen and oxygen atoms in total. The normalized spacial score (nSPS) is 11.8. The van der Waals surface area contributed by atoms with E-state index in [1.807, 2.05) is 0 Å². The van der Waals surface area contributed by atoms with Gasteiger partial charge in [-0.1, -0.05) is 13.8 Å². The Morgan fingerprint density at radius 3 is 2.31 bits per heavy atom. The SMILES string of the molecule is CCN(CC)S(=O)(=O)c1c(C)nn(CC(=O)Nc2ccc(F)cc2)c1C. The van der Waals surface area contributed by atoms with Crippen LogP contribution in [0.3, 0.4) is 0 Å². The van der Waals surface area contributed by atoms with E-state index in [0.29, 0.717) is 30.2 Å². The highest BCUT2D eigenvalue weighted by Crippen LogP contribution is 2.23. The second kappa shape index (κ2) is 7.96. The molecule has 1 N–H and O–H groups in total. The Balaban J connectivity index is 2.24.